The number of anilines is 1. The van der Waals surface area contributed by atoms with E-state index in [4.69, 9.17) is 11.6 Å². The second kappa shape index (κ2) is 8.24. The Morgan fingerprint density at radius 2 is 1.59 bits per heavy atom. The average Bonchev–Trinajstić information content (AvgIpc) is 3.26. The lowest BCUT2D eigenvalue weighted by molar-refractivity contribution is 0.101. The Labute approximate surface area is 188 Å². The Balaban J connectivity index is 1.56. The fourth-order valence-electron chi connectivity index (χ4n) is 3.47. The molecule has 0 bridgehead atoms. The van der Waals surface area contributed by atoms with Crippen LogP contribution in [0.5, 0.6) is 0 Å². The van der Waals surface area contributed by atoms with Crippen LogP contribution in [0.1, 0.15) is 10.6 Å². The molecule has 0 fully saturated rings. The Kier molecular flexibility index (Phi) is 5.13. The third-order valence-corrected chi connectivity index (χ3v) is 5.27. The molecule has 1 heterocycles. The first kappa shape index (κ1) is 19.9. The molecule has 5 rings (SSSR count). The summed E-state index contributed by atoms with van der Waals surface area (Å²) in [6.45, 7) is 0. The molecule has 5 aromatic rings. The molecule has 0 unspecified atom stereocenters. The highest BCUT2D eigenvalue weighted by molar-refractivity contribution is 6.30. The number of benzene rings is 4. The quantitative estimate of drug-likeness (QED) is 0.364. The summed E-state index contributed by atoms with van der Waals surface area (Å²) in [5.74, 6) is -0.378. The van der Waals surface area contributed by atoms with Gasteiger partial charge in [-0.1, -0.05) is 48.0 Å². The van der Waals surface area contributed by atoms with Crippen LogP contribution in [0.2, 0.25) is 5.02 Å². The van der Waals surface area contributed by atoms with E-state index in [1.807, 2.05) is 42.5 Å². The molecule has 0 aliphatic carbocycles. The third kappa shape index (κ3) is 3.84. The van der Waals surface area contributed by atoms with Crippen molar-refractivity contribution in [3.8, 4) is 17.1 Å². The zero-order valence-electron chi connectivity index (χ0n) is 16.7. The van der Waals surface area contributed by atoms with Gasteiger partial charge in [-0.15, -0.1) is 5.10 Å². The first-order valence-electron chi connectivity index (χ1n) is 9.86. The van der Waals surface area contributed by atoms with Gasteiger partial charge in [0.1, 0.15) is 5.82 Å². The second-order valence-electron chi connectivity index (χ2n) is 7.13. The zero-order chi connectivity index (χ0) is 22.1. The predicted molar refractivity (Wildman–Crippen MR) is 124 cm³/mol. The summed E-state index contributed by atoms with van der Waals surface area (Å²) in [6.07, 6.45) is 0. The first-order chi connectivity index (χ1) is 15.6. The molecular weight excluding hydrogens is 427 g/mol. The van der Waals surface area contributed by atoms with Crippen LogP contribution in [0.15, 0.2) is 91.0 Å². The topological polar surface area (TPSA) is 59.8 Å². The lowest BCUT2D eigenvalue weighted by Crippen LogP contribution is -2.14. The van der Waals surface area contributed by atoms with Gasteiger partial charge in [-0.2, -0.15) is 0 Å². The van der Waals surface area contributed by atoms with Crippen molar-refractivity contribution in [1.82, 2.24) is 14.8 Å². The van der Waals surface area contributed by atoms with Crippen molar-refractivity contribution in [1.29, 1.82) is 0 Å². The van der Waals surface area contributed by atoms with Crippen molar-refractivity contribution in [3.63, 3.8) is 0 Å². The molecule has 0 saturated heterocycles. The number of nitrogens with zero attached hydrogens (tertiary/aromatic N) is 3. The van der Waals surface area contributed by atoms with E-state index in [2.05, 4.69) is 15.4 Å². The number of hydrogen-bond donors (Lipinski definition) is 1. The number of amides is 1. The van der Waals surface area contributed by atoms with Gasteiger partial charge < -0.3 is 5.32 Å². The van der Waals surface area contributed by atoms with E-state index in [0.717, 1.165) is 16.3 Å². The molecule has 1 N–H and O–H groups in total. The summed E-state index contributed by atoms with van der Waals surface area (Å²) in [6, 6.07) is 26.3. The summed E-state index contributed by atoms with van der Waals surface area (Å²) in [7, 11) is 0. The van der Waals surface area contributed by atoms with Crippen LogP contribution in [0.25, 0.3) is 27.8 Å². The molecule has 32 heavy (non-hydrogen) atoms. The molecule has 5 nitrogen and oxygen atoms in total. The summed E-state index contributed by atoms with van der Waals surface area (Å²) >= 11 is 6.02. The molecule has 0 radical (unpaired) electrons. The maximum Gasteiger partial charge on any atom is 0.295 e. The monoisotopic (exact) mass is 442 g/mol. The Hall–Kier alpha value is -4.03. The van der Waals surface area contributed by atoms with Crippen LogP contribution in [0.4, 0.5) is 10.1 Å². The molecule has 0 saturated carbocycles. The highest BCUT2D eigenvalue weighted by atomic mass is 35.5. The molecular formula is C25H16ClFN4O. The number of nitrogens with one attached hydrogen (secondary N) is 1. The van der Waals surface area contributed by atoms with Crippen molar-refractivity contribution >= 4 is 34.0 Å². The van der Waals surface area contributed by atoms with Crippen molar-refractivity contribution in [2.45, 2.75) is 0 Å². The minimum absolute atomic E-state index is 0.00721. The van der Waals surface area contributed by atoms with E-state index in [1.165, 1.54) is 16.8 Å². The van der Waals surface area contributed by atoms with Crippen LogP contribution in [0, 0.1) is 5.82 Å². The van der Waals surface area contributed by atoms with Crippen LogP contribution in [-0.4, -0.2) is 20.7 Å². The minimum atomic E-state index is -0.447. The smallest absolute Gasteiger partial charge is 0.295 e. The van der Waals surface area contributed by atoms with Gasteiger partial charge in [0.25, 0.3) is 5.91 Å². The van der Waals surface area contributed by atoms with Gasteiger partial charge in [-0.3, -0.25) is 4.79 Å². The summed E-state index contributed by atoms with van der Waals surface area (Å²) in [4.78, 5) is 17.6. The fraction of sp³-hybridized carbons (Fsp3) is 0. The Morgan fingerprint density at radius 1 is 0.875 bits per heavy atom. The highest BCUT2D eigenvalue weighted by Crippen LogP contribution is 2.25. The van der Waals surface area contributed by atoms with E-state index < -0.39 is 5.91 Å². The van der Waals surface area contributed by atoms with Gasteiger partial charge in [-0.25, -0.2) is 14.1 Å². The Bertz CT molecular complexity index is 1360. The molecule has 156 valence electrons. The maximum atomic E-state index is 13.4. The van der Waals surface area contributed by atoms with Gasteiger partial charge in [-0.05, 0) is 60.0 Å². The van der Waals surface area contributed by atoms with Crippen molar-refractivity contribution in [2.24, 2.45) is 0 Å². The summed E-state index contributed by atoms with van der Waals surface area (Å²) in [5, 5.41) is 9.83. The van der Waals surface area contributed by atoms with Gasteiger partial charge >= 0.3 is 0 Å². The lowest BCUT2D eigenvalue weighted by atomic mass is 10.1. The molecule has 0 spiro atoms. The number of carbonyl (C=O) groups excluding carboxylic acids is 1. The average molecular weight is 443 g/mol. The molecule has 4 aromatic carbocycles. The fourth-order valence-corrected chi connectivity index (χ4v) is 3.60. The van der Waals surface area contributed by atoms with Crippen molar-refractivity contribution in [2.75, 3.05) is 5.32 Å². The van der Waals surface area contributed by atoms with Crippen molar-refractivity contribution in [3.05, 3.63) is 108 Å². The summed E-state index contributed by atoms with van der Waals surface area (Å²) in [5.41, 5.74) is 1.96. The SMILES string of the molecule is O=C(Nc1cccc2ccccc12)c1nc(-c2ccc(Cl)cc2)n(-c2ccc(F)cc2)n1. The number of fused-ring (bicyclic) bond motifs is 1. The summed E-state index contributed by atoms with van der Waals surface area (Å²) < 4.78 is 15.0. The lowest BCUT2D eigenvalue weighted by Gasteiger charge is -2.07. The predicted octanol–water partition coefficient (Wildman–Crippen LogP) is 6.13. The minimum Gasteiger partial charge on any atom is -0.319 e. The van der Waals surface area contributed by atoms with E-state index in [-0.39, 0.29) is 11.6 Å². The van der Waals surface area contributed by atoms with Crippen LogP contribution in [-0.2, 0) is 0 Å². The Morgan fingerprint density at radius 3 is 2.38 bits per heavy atom. The normalized spacial score (nSPS) is 10.9. The number of hydrogen-bond acceptors (Lipinski definition) is 3. The molecule has 7 heteroatoms. The van der Waals surface area contributed by atoms with E-state index in [9.17, 15) is 9.18 Å². The number of carbonyl (C=O) groups is 1. The van der Waals surface area contributed by atoms with Crippen LogP contribution >= 0.6 is 11.6 Å². The van der Waals surface area contributed by atoms with E-state index >= 15 is 0 Å². The molecule has 0 atom stereocenters. The number of aromatic nitrogens is 3. The standard InChI is InChI=1S/C25H16ClFN4O/c26-18-10-8-17(9-11-18)24-29-23(30-31(24)20-14-12-19(27)13-15-20)25(32)28-22-7-3-5-16-4-1-2-6-21(16)22/h1-15H,(H,28,32). The molecule has 1 amide bonds. The number of halogens is 2. The maximum absolute atomic E-state index is 13.4. The second-order valence-corrected chi connectivity index (χ2v) is 7.57. The third-order valence-electron chi connectivity index (χ3n) is 5.02. The van der Waals surface area contributed by atoms with Gasteiger partial charge in [0.15, 0.2) is 5.82 Å². The number of rotatable bonds is 4. The van der Waals surface area contributed by atoms with Gasteiger partial charge in [0.2, 0.25) is 5.82 Å². The molecule has 0 aliphatic rings. The van der Waals surface area contributed by atoms with Gasteiger partial charge in [0.05, 0.1) is 5.69 Å². The van der Waals surface area contributed by atoms with E-state index in [1.54, 1.807) is 36.4 Å². The van der Waals surface area contributed by atoms with Crippen molar-refractivity contribution < 1.29 is 9.18 Å². The van der Waals surface area contributed by atoms with Crippen LogP contribution < -0.4 is 5.32 Å². The van der Waals surface area contributed by atoms with E-state index in [0.29, 0.717) is 22.2 Å². The van der Waals surface area contributed by atoms with Gasteiger partial charge in [0, 0.05) is 21.7 Å². The first-order valence-corrected chi connectivity index (χ1v) is 10.2. The highest BCUT2D eigenvalue weighted by Gasteiger charge is 2.19. The molecule has 0 aliphatic heterocycles. The molecule has 1 aromatic heterocycles. The van der Waals surface area contributed by atoms with Crippen LogP contribution in [0.3, 0.4) is 0 Å². The zero-order valence-corrected chi connectivity index (χ0v) is 17.4. The largest absolute Gasteiger partial charge is 0.319 e.